The Kier molecular flexibility index (Phi) is 5.75. The molecule has 5 aromatic rings. The molecule has 4 aliphatic heterocycles. The normalized spacial score (nSPS) is 21.1. The first-order valence-corrected chi connectivity index (χ1v) is 15.2. The molecule has 10 heteroatoms. The van der Waals surface area contributed by atoms with E-state index in [1.807, 2.05) is 36.5 Å². The van der Waals surface area contributed by atoms with E-state index in [4.69, 9.17) is 24.4 Å². The maximum absolute atomic E-state index is 5.80. The van der Waals surface area contributed by atoms with Gasteiger partial charge in [-0.1, -0.05) is 18.2 Å². The molecule has 3 aromatic heterocycles. The molecule has 2 aromatic carbocycles. The predicted molar refractivity (Wildman–Crippen MR) is 164 cm³/mol. The summed E-state index contributed by atoms with van der Waals surface area (Å²) in [4.78, 5) is 19.7. The lowest BCUT2D eigenvalue weighted by Crippen LogP contribution is -2.68. The Bertz CT molecular complexity index is 1810. The summed E-state index contributed by atoms with van der Waals surface area (Å²) in [6.07, 6.45) is 5.58. The number of aromatic nitrogens is 5. The van der Waals surface area contributed by atoms with E-state index in [-0.39, 0.29) is 0 Å². The zero-order chi connectivity index (χ0) is 28.3. The number of nitrogens with zero attached hydrogens (tertiary/aromatic N) is 6. The van der Waals surface area contributed by atoms with Gasteiger partial charge in [-0.3, -0.25) is 10.00 Å². The Hall–Kier alpha value is -4.70. The van der Waals surface area contributed by atoms with Gasteiger partial charge in [0.15, 0.2) is 23.1 Å². The van der Waals surface area contributed by atoms with Crippen LogP contribution in [0.2, 0.25) is 0 Å². The fourth-order valence-electron chi connectivity index (χ4n) is 6.66. The molecule has 1 saturated carbocycles. The molecule has 1 aliphatic carbocycles. The standard InChI is InChI=1S/C33H32N8O2/c1-2-4-26-25(3-1)33(36-30-15-27(38-39-30)21-6-7-21)37-32(35-26)22-8-10-31(34-16-22)40-18-23-14-24(19-40)41(23)17-20-5-9-28-29(13-20)43-12-11-42-28/h1-5,8-10,13,15-16,21,23-24H,6-7,11-12,14,17-19H2,(H2,35,36,37,38,39). The molecular formula is C33H32N8O2. The zero-order valence-corrected chi connectivity index (χ0v) is 23.7. The lowest BCUT2D eigenvalue weighted by atomic mass is 9.86. The van der Waals surface area contributed by atoms with Crippen molar-refractivity contribution in [2.24, 2.45) is 0 Å². The first-order chi connectivity index (χ1) is 21.2. The van der Waals surface area contributed by atoms with Gasteiger partial charge in [0, 0.05) is 66.5 Å². The van der Waals surface area contributed by atoms with Gasteiger partial charge in [-0.25, -0.2) is 15.0 Å². The van der Waals surface area contributed by atoms with Crippen LogP contribution < -0.4 is 19.7 Å². The number of piperazine rings is 1. The van der Waals surface area contributed by atoms with Gasteiger partial charge in [-0.2, -0.15) is 5.10 Å². The number of fused-ring (bicyclic) bond motifs is 4. The van der Waals surface area contributed by atoms with E-state index in [0.717, 1.165) is 65.1 Å². The van der Waals surface area contributed by atoms with E-state index in [1.54, 1.807) is 0 Å². The van der Waals surface area contributed by atoms with Gasteiger partial charge in [-0.05, 0) is 61.2 Å². The van der Waals surface area contributed by atoms with Crippen molar-refractivity contribution in [3.8, 4) is 22.9 Å². The minimum Gasteiger partial charge on any atom is -0.486 e. The number of aromatic amines is 1. The van der Waals surface area contributed by atoms with Crippen LogP contribution in [-0.2, 0) is 6.54 Å². The van der Waals surface area contributed by atoms with Crippen LogP contribution in [-0.4, -0.2) is 68.4 Å². The number of piperidine rings is 1. The summed E-state index contributed by atoms with van der Waals surface area (Å²) in [6.45, 7) is 4.11. The molecule has 3 saturated heterocycles. The van der Waals surface area contributed by atoms with Crippen LogP contribution in [0, 0.1) is 0 Å². The van der Waals surface area contributed by atoms with Crippen LogP contribution in [0.25, 0.3) is 22.3 Å². The third-order valence-electron chi connectivity index (χ3n) is 9.11. The van der Waals surface area contributed by atoms with Crippen molar-refractivity contribution in [1.29, 1.82) is 0 Å². The highest BCUT2D eigenvalue weighted by molar-refractivity contribution is 5.92. The Balaban J connectivity index is 0.910. The summed E-state index contributed by atoms with van der Waals surface area (Å²) in [5.74, 6) is 5.48. The third kappa shape index (κ3) is 4.62. The zero-order valence-electron chi connectivity index (χ0n) is 23.7. The van der Waals surface area contributed by atoms with Gasteiger partial charge in [0.2, 0.25) is 0 Å². The molecule has 2 bridgehead atoms. The number of rotatable bonds is 7. The van der Waals surface area contributed by atoms with Crippen LogP contribution >= 0.6 is 0 Å². The Labute approximate surface area is 249 Å². The molecule has 5 aliphatic rings. The second-order valence-corrected chi connectivity index (χ2v) is 12.0. The lowest BCUT2D eigenvalue weighted by Gasteiger charge is -2.56. The van der Waals surface area contributed by atoms with Crippen molar-refractivity contribution < 1.29 is 9.47 Å². The van der Waals surface area contributed by atoms with Crippen molar-refractivity contribution >= 4 is 28.4 Å². The molecule has 4 fully saturated rings. The molecule has 0 amide bonds. The summed E-state index contributed by atoms with van der Waals surface area (Å²) in [5.41, 5.74) is 4.23. The SMILES string of the molecule is c1ccc2c(Nc3cc(C4CC4)[nH]n3)nc(-c3ccc(N4CC5CC(C4)N5Cc4ccc5c(c4)OCCO5)nc3)nc2c1. The fraction of sp³-hybridized carbons (Fsp3) is 0.333. The van der Waals surface area contributed by atoms with Gasteiger partial charge in [0.05, 0.1) is 5.52 Å². The minimum absolute atomic E-state index is 0.522. The molecule has 2 N–H and O–H groups in total. The van der Waals surface area contributed by atoms with Crippen molar-refractivity contribution in [3.05, 3.63) is 78.1 Å². The number of pyridine rings is 1. The molecule has 0 spiro atoms. The number of anilines is 3. The molecule has 43 heavy (non-hydrogen) atoms. The fourth-order valence-corrected chi connectivity index (χ4v) is 6.66. The summed E-state index contributed by atoms with van der Waals surface area (Å²) < 4.78 is 11.5. The highest BCUT2D eigenvalue weighted by Crippen LogP contribution is 2.40. The summed E-state index contributed by atoms with van der Waals surface area (Å²) in [5, 5.41) is 12.0. The molecule has 0 radical (unpaired) electrons. The largest absolute Gasteiger partial charge is 0.486 e. The molecule has 2 unspecified atom stereocenters. The third-order valence-corrected chi connectivity index (χ3v) is 9.11. The van der Waals surface area contributed by atoms with Crippen LogP contribution in [0.15, 0.2) is 66.9 Å². The second-order valence-electron chi connectivity index (χ2n) is 12.0. The van der Waals surface area contributed by atoms with Crippen molar-refractivity contribution in [2.75, 3.05) is 36.5 Å². The number of hydrogen-bond acceptors (Lipinski definition) is 9. The number of benzene rings is 2. The van der Waals surface area contributed by atoms with Gasteiger partial charge >= 0.3 is 0 Å². The maximum atomic E-state index is 5.80. The average molecular weight is 573 g/mol. The summed E-state index contributed by atoms with van der Waals surface area (Å²) in [6, 6.07) is 21.7. The predicted octanol–water partition coefficient (Wildman–Crippen LogP) is 5.27. The Morgan fingerprint density at radius 3 is 2.60 bits per heavy atom. The number of nitrogens with one attached hydrogen (secondary N) is 2. The van der Waals surface area contributed by atoms with Crippen LogP contribution in [0.1, 0.15) is 36.4 Å². The summed E-state index contributed by atoms with van der Waals surface area (Å²) in [7, 11) is 0. The molecule has 10 rings (SSSR count). The van der Waals surface area contributed by atoms with Crippen LogP contribution in [0.3, 0.4) is 0 Å². The minimum atomic E-state index is 0.522. The highest BCUT2D eigenvalue weighted by atomic mass is 16.6. The monoisotopic (exact) mass is 572 g/mol. The van der Waals surface area contributed by atoms with E-state index < -0.39 is 0 Å². The molecular weight excluding hydrogens is 540 g/mol. The van der Waals surface area contributed by atoms with E-state index in [2.05, 4.69) is 55.6 Å². The maximum Gasteiger partial charge on any atom is 0.163 e. The first kappa shape index (κ1) is 24.9. The van der Waals surface area contributed by atoms with Gasteiger partial charge in [0.1, 0.15) is 24.8 Å². The average Bonchev–Trinajstić information content (AvgIpc) is 3.81. The van der Waals surface area contributed by atoms with Crippen molar-refractivity contribution in [1.82, 2.24) is 30.0 Å². The van der Waals surface area contributed by atoms with Crippen molar-refractivity contribution in [2.45, 2.75) is 43.8 Å². The first-order valence-electron chi connectivity index (χ1n) is 15.2. The molecule has 2 atom stereocenters. The van der Waals surface area contributed by atoms with Gasteiger partial charge < -0.3 is 19.7 Å². The lowest BCUT2D eigenvalue weighted by molar-refractivity contribution is -0.00877. The van der Waals surface area contributed by atoms with E-state index in [1.165, 1.54) is 30.5 Å². The van der Waals surface area contributed by atoms with Crippen molar-refractivity contribution in [3.63, 3.8) is 0 Å². The number of ether oxygens (including phenoxy) is 2. The highest BCUT2D eigenvalue weighted by Gasteiger charge is 2.44. The van der Waals surface area contributed by atoms with Gasteiger partial charge in [-0.15, -0.1) is 0 Å². The Morgan fingerprint density at radius 1 is 0.907 bits per heavy atom. The molecule has 7 heterocycles. The van der Waals surface area contributed by atoms with Crippen LogP contribution in [0.5, 0.6) is 11.5 Å². The van der Waals surface area contributed by atoms with Gasteiger partial charge in [0.25, 0.3) is 0 Å². The molecule has 10 nitrogen and oxygen atoms in total. The van der Waals surface area contributed by atoms with E-state index >= 15 is 0 Å². The number of hydrogen-bond donors (Lipinski definition) is 2. The van der Waals surface area contributed by atoms with E-state index in [9.17, 15) is 0 Å². The second kappa shape index (κ2) is 9.95. The Morgan fingerprint density at radius 2 is 1.77 bits per heavy atom. The molecule has 216 valence electrons. The number of H-pyrrole nitrogens is 1. The number of para-hydroxylation sites is 1. The van der Waals surface area contributed by atoms with Crippen LogP contribution in [0.4, 0.5) is 17.5 Å². The summed E-state index contributed by atoms with van der Waals surface area (Å²) >= 11 is 0. The quantitative estimate of drug-likeness (QED) is 0.270. The smallest absolute Gasteiger partial charge is 0.163 e. The topological polar surface area (TPSA) is 104 Å². The van der Waals surface area contributed by atoms with E-state index in [0.29, 0.717) is 37.0 Å².